The Balaban J connectivity index is 1.62. The molecule has 0 bridgehead atoms. The van der Waals surface area contributed by atoms with Gasteiger partial charge in [-0.25, -0.2) is 16.8 Å². The number of nitro benzene ring substituents is 2. The number of allylic oxidation sites excluding steroid dienone is 2. The number of amides is 1. The lowest BCUT2D eigenvalue weighted by Gasteiger charge is -2.34. The lowest BCUT2D eigenvalue weighted by molar-refractivity contribution is -0.385. The van der Waals surface area contributed by atoms with Gasteiger partial charge < -0.3 is 5.73 Å². The van der Waals surface area contributed by atoms with Gasteiger partial charge >= 0.3 is 0 Å². The van der Waals surface area contributed by atoms with Crippen molar-refractivity contribution >= 4 is 48.7 Å². The van der Waals surface area contributed by atoms with Crippen molar-refractivity contribution in [1.82, 2.24) is 4.90 Å². The number of carbonyl (C=O) groups is 1. The predicted octanol–water partition coefficient (Wildman–Crippen LogP) is 5.03. The van der Waals surface area contributed by atoms with Gasteiger partial charge in [0.1, 0.15) is 15.8 Å². The van der Waals surface area contributed by atoms with Crippen LogP contribution < -0.4 is 5.73 Å². The second-order valence-electron chi connectivity index (χ2n) is 10.7. The molecule has 1 fully saturated rings. The second-order valence-corrected chi connectivity index (χ2v) is 15.8. The molecular weight excluding hydrogens is 681 g/mol. The fourth-order valence-corrected chi connectivity index (χ4v) is 10.8. The topological polar surface area (TPSA) is 201 Å². The number of hydrogen-bond acceptors (Lipinski definition) is 11. The summed E-state index contributed by atoms with van der Waals surface area (Å²) in [7, 11) is -9.18. The molecule has 0 aliphatic carbocycles. The third-order valence-corrected chi connectivity index (χ3v) is 13.1. The Hall–Kier alpha value is -5.32. The zero-order valence-corrected chi connectivity index (χ0v) is 27.0. The van der Waals surface area contributed by atoms with Crippen LogP contribution in [0.5, 0.6) is 0 Å². The van der Waals surface area contributed by atoms with E-state index < -0.39 is 62.2 Å². The van der Waals surface area contributed by atoms with Crippen molar-refractivity contribution < 1.29 is 31.5 Å². The van der Waals surface area contributed by atoms with Crippen LogP contribution in [0.25, 0.3) is 0 Å². The van der Waals surface area contributed by atoms with Crippen LogP contribution in [-0.2, 0) is 30.9 Å². The summed E-state index contributed by atoms with van der Waals surface area (Å²) in [5, 5.41) is 21.5. The van der Waals surface area contributed by atoms with E-state index in [1.807, 2.05) is 0 Å². The van der Waals surface area contributed by atoms with Gasteiger partial charge in [0.25, 0.3) is 11.4 Å². The average molecular weight is 705 g/mol. The normalized spacial score (nSPS) is 18.2. The third-order valence-electron chi connectivity index (χ3n) is 7.87. The van der Waals surface area contributed by atoms with E-state index in [1.165, 1.54) is 84.9 Å². The number of rotatable bonds is 9. The molecule has 1 amide bonds. The van der Waals surface area contributed by atoms with E-state index in [-0.39, 0.29) is 38.2 Å². The first kappa shape index (κ1) is 32.6. The Morgan fingerprint density at radius 2 is 1.15 bits per heavy atom. The van der Waals surface area contributed by atoms with Crippen LogP contribution in [-0.4, -0.2) is 42.7 Å². The number of benzene rings is 4. The molecule has 16 heteroatoms. The van der Waals surface area contributed by atoms with Gasteiger partial charge in [-0.15, -0.1) is 0 Å². The van der Waals surface area contributed by atoms with Crippen molar-refractivity contribution in [2.45, 2.75) is 27.4 Å². The van der Waals surface area contributed by atoms with Crippen LogP contribution in [0.1, 0.15) is 17.0 Å². The van der Waals surface area contributed by atoms with Crippen LogP contribution in [0.3, 0.4) is 0 Å². The van der Waals surface area contributed by atoms with Crippen LogP contribution >= 0.6 is 11.8 Å². The van der Waals surface area contributed by atoms with E-state index in [0.717, 1.165) is 28.8 Å². The molecule has 6 rings (SSSR count). The van der Waals surface area contributed by atoms with Gasteiger partial charge in [-0.1, -0.05) is 72.4 Å². The monoisotopic (exact) mass is 704 g/mol. The van der Waals surface area contributed by atoms with Crippen molar-refractivity contribution in [3.8, 4) is 0 Å². The molecule has 0 aromatic heterocycles. The number of thioether (sulfide) groups is 1. The molecule has 1 saturated heterocycles. The van der Waals surface area contributed by atoms with Crippen molar-refractivity contribution in [3.63, 3.8) is 0 Å². The molecule has 2 unspecified atom stereocenters. The standard InChI is InChI=1S/C32H24N4O9S3/c33-30-28(47(42,43)24-7-3-1-4-8-24)27(21-13-17-23(18-14-21)36(40)41)29(48(44,45)25-9-5-2-6-10-25)32-34(30)31(37)26(46-32)19-20-11-15-22(16-12-20)35(38)39/h1-18,26-27H,19,33H2. The van der Waals surface area contributed by atoms with Gasteiger partial charge in [0.15, 0.2) is 0 Å². The number of non-ortho nitro benzene ring substituents is 2. The molecule has 2 N–H and O–H groups in total. The summed E-state index contributed by atoms with van der Waals surface area (Å²) in [5.74, 6) is -2.80. The van der Waals surface area contributed by atoms with Gasteiger partial charge in [-0.3, -0.25) is 29.9 Å². The van der Waals surface area contributed by atoms with Crippen LogP contribution in [0.15, 0.2) is 140 Å². The highest BCUT2D eigenvalue weighted by molar-refractivity contribution is 8.06. The summed E-state index contributed by atoms with van der Waals surface area (Å²) >= 11 is 0.882. The quantitative estimate of drug-likeness (QED) is 0.181. The SMILES string of the molecule is NC1=C(S(=O)(=O)c2ccccc2)C(c2ccc([N+](=O)[O-])cc2)C(S(=O)(=O)c2ccccc2)=C2SC(Cc3ccc([N+](=O)[O-])cc3)C(=O)N12. The van der Waals surface area contributed by atoms with Crippen LogP contribution in [0.2, 0.25) is 0 Å². The second kappa shape index (κ2) is 12.4. The molecule has 0 spiro atoms. The molecule has 2 aliphatic rings. The van der Waals surface area contributed by atoms with E-state index in [9.17, 15) is 41.9 Å². The smallest absolute Gasteiger partial charge is 0.269 e. The van der Waals surface area contributed by atoms with Gasteiger partial charge in [0, 0.05) is 24.3 Å². The summed E-state index contributed by atoms with van der Waals surface area (Å²) in [6.45, 7) is 0. The maximum Gasteiger partial charge on any atom is 0.269 e. The minimum atomic E-state index is -4.61. The van der Waals surface area contributed by atoms with Crippen molar-refractivity contribution in [2.24, 2.45) is 5.73 Å². The highest BCUT2D eigenvalue weighted by Gasteiger charge is 2.52. The molecule has 48 heavy (non-hydrogen) atoms. The number of sulfone groups is 2. The highest BCUT2D eigenvalue weighted by atomic mass is 32.2. The Kier molecular flexibility index (Phi) is 8.40. The van der Waals surface area contributed by atoms with E-state index >= 15 is 0 Å². The van der Waals surface area contributed by atoms with E-state index in [4.69, 9.17) is 5.73 Å². The minimum Gasteiger partial charge on any atom is -0.384 e. The van der Waals surface area contributed by atoms with Gasteiger partial charge in [-0.05, 0) is 41.8 Å². The Labute approximate surface area is 278 Å². The van der Waals surface area contributed by atoms with Crippen molar-refractivity contribution in [3.05, 3.63) is 161 Å². The van der Waals surface area contributed by atoms with Crippen molar-refractivity contribution in [1.29, 1.82) is 0 Å². The largest absolute Gasteiger partial charge is 0.384 e. The Morgan fingerprint density at radius 3 is 1.62 bits per heavy atom. The summed E-state index contributed by atoms with van der Waals surface area (Å²) < 4.78 is 58.2. The first-order chi connectivity index (χ1) is 22.8. The first-order valence-corrected chi connectivity index (χ1v) is 18.0. The Morgan fingerprint density at radius 1 is 0.688 bits per heavy atom. The number of nitro groups is 2. The number of hydrogen-bond donors (Lipinski definition) is 1. The molecule has 4 aromatic rings. The molecule has 0 saturated carbocycles. The Bertz CT molecular complexity index is 2240. The number of nitrogens with zero attached hydrogens (tertiary/aromatic N) is 3. The number of nitrogens with two attached hydrogens (primary N) is 1. The molecule has 13 nitrogen and oxygen atoms in total. The van der Waals surface area contributed by atoms with Crippen LogP contribution in [0, 0.1) is 20.2 Å². The summed E-state index contributed by atoms with van der Waals surface area (Å²) in [6, 6.07) is 24.8. The number of carbonyl (C=O) groups excluding carboxylic acids is 1. The lowest BCUT2D eigenvalue weighted by Crippen LogP contribution is -2.40. The van der Waals surface area contributed by atoms with E-state index in [1.54, 1.807) is 12.1 Å². The van der Waals surface area contributed by atoms with Gasteiger partial charge in [-0.2, -0.15) is 0 Å². The number of fused-ring (bicyclic) bond motifs is 1. The van der Waals surface area contributed by atoms with E-state index in [0.29, 0.717) is 5.56 Å². The van der Waals surface area contributed by atoms with Gasteiger partial charge in [0.2, 0.25) is 25.6 Å². The molecule has 0 radical (unpaired) electrons. The molecule has 4 aromatic carbocycles. The van der Waals surface area contributed by atoms with Crippen molar-refractivity contribution in [2.75, 3.05) is 0 Å². The third kappa shape index (κ3) is 5.63. The lowest BCUT2D eigenvalue weighted by atomic mass is 9.95. The molecular formula is C32H24N4O9S3. The summed E-state index contributed by atoms with van der Waals surface area (Å²) in [4.78, 5) is 35.0. The average Bonchev–Trinajstić information content (AvgIpc) is 3.40. The summed E-state index contributed by atoms with van der Waals surface area (Å²) in [6.07, 6.45) is 0.0103. The minimum absolute atomic E-state index is 0.0103. The maximum atomic E-state index is 14.6. The fraction of sp³-hybridized carbons (Fsp3) is 0.0938. The fourth-order valence-electron chi connectivity index (χ4n) is 5.58. The predicted molar refractivity (Wildman–Crippen MR) is 176 cm³/mol. The zero-order valence-electron chi connectivity index (χ0n) is 24.6. The highest BCUT2D eigenvalue weighted by Crippen LogP contribution is 2.54. The van der Waals surface area contributed by atoms with Gasteiger partial charge in [0.05, 0.1) is 35.7 Å². The first-order valence-electron chi connectivity index (χ1n) is 14.1. The molecule has 2 atom stereocenters. The summed E-state index contributed by atoms with van der Waals surface area (Å²) in [5.41, 5.74) is 6.76. The zero-order chi connectivity index (χ0) is 34.4. The molecule has 2 aliphatic heterocycles. The molecule has 244 valence electrons. The van der Waals surface area contributed by atoms with E-state index in [2.05, 4.69) is 0 Å². The maximum absolute atomic E-state index is 14.6. The molecule has 2 heterocycles. The van der Waals surface area contributed by atoms with Crippen LogP contribution in [0.4, 0.5) is 11.4 Å².